The van der Waals surface area contributed by atoms with Gasteiger partial charge >= 0.3 is 0 Å². The van der Waals surface area contributed by atoms with Crippen molar-refractivity contribution in [3.8, 4) is 0 Å². The summed E-state index contributed by atoms with van der Waals surface area (Å²) in [6.07, 6.45) is 2.64. The molecule has 1 fully saturated rings. The normalized spacial score (nSPS) is 24.3. The first-order chi connectivity index (χ1) is 9.16. The molecule has 0 radical (unpaired) electrons. The monoisotopic (exact) mass is 282 g/mol. The third kappa shape index (κ3) is 5.73. The van der Waals surface area contributed by atoms with E-state index in [0.29, 0.717) is 10.8 Å². The molecule has 120 valence electrons. The van der Waals surface area contributed by atoms with Crippen LogP contribution in [0.2, 0.25) is 0 Å². The van der Waals surface area contributed by atoms with Crippen molar-refractivity contribution in [1.82, 2.24) is 10.2 Å². The van der Waals surface area contributed by atoms with Gasteiger partial charge in [-0.15, -0.1) is 0 Å². The molecule has 0 saturated carbocycles. The van der Waals surface area contributed by atoms with Gasteiger partial charge in [0, 0.05) is 19.6 Å². The topological polar surface area (TPSA) is 15.3 Å². The van der Waals surface area contributed by atoms with Gasteiger partial charge in [-0.25, -0.2) is 0 Å². The average molecular weight is 283 g/mol. The molecule has 0 aromatic heterocycles. The third-order valence-corrected chi connectivity index (χ3v) is 5.06. The third-order valence-electron chi connectivity index (χ3n) is 5.06. The molecule has 2 unspecified atom stereocenters. The van der Waals surface area contributed by atoms with Crippen LogP contribution < -0.4 is 5.32 Å². The van der Waals surface area contributed by atoms with E-state index in [4.69, 9.17) is 0 Å². The van der Waals surface area contributed by atoms with E-state index in [-0.39, 0.29) is 0 Å². The van der Waals surface area contributed by atoms with E-state index >= 15 is 0 Å². The predicted octanol–water partition coefficient (Wildman–Crippen LogP) is 4.02. The average Bonchev–Trinajstić information content (AvgIpc) is 2.76. The lowest BCUT2D eigenvalue weighted by atomic mass is 9.80. The second-order valence-corrected chi connectivity index (χ2v) is 8.78. The maximum atomic E-state index is 3.67. The van der Waals surface area contributed by atoms with Crippen molar-refractivity contribution in [3.05, 3.63) is 0 Å². The summed E-state index contributed by atoms with van der Waals surface area (Å²) >= 11 is 0. The summed E-state index contributed by atoms with van der Waals surface area (Å²) in [5.41, 5.74) is 0.884. The van der Waals surface area contributed by atoms with Gasteiger partial charge in [-0.1, -0.05) is 48.5 Å². The largest absolute Gasteiger partial charge is 0.316 e. The van der Waals surface area contributed by atoms with Gasteiger partial charge in [-0.2, -0.15) is 0 Å². The Labute approximate surface area is 127 Å². The molecule has 0 aliphatic carbocycles. The second kappa shape index (κ2) is 7.26. The van der Waals surface area contributed by atoms with E-state index in [9.17, 15) is 0 Å². The lowest BCUT2D eigenvalue weighted by molar-refractivity contribution is 0.160. The van der Waals surface area contributed by atoms with Crippen molar-refractivity contribution in [2.75, 3.05) is 32.7 Å². The molecule has 0 amide bonds. The Kier molecular flexibility index (Phi) is 6.53. The van der Waals surface area contributed by atoms with Gasteiger partial charge in [0.2, 0.25) is 0 Å². The van der Waals surface area contributed by atoms with Gasteiger partial charge in [0.05, 0.1) is 0 Å². The lowest BCUT2D eigenvalue weighted by Gasteiger charge is -2.34. The molecule has 0 bridgehead atoms. The van der Waals surface area contributed by atoms with Crippen LogP contribution in [0.25, 0.3) is 0 Å². The zero-order chi connectivity index (χ0) is 15.4. The van der Waals surface area contributed by atoms with Crippen molar-refractivity contribution in [2.45, 2.75) is 61.3 Å². The summed E-state index contributed by atoms with van der Waals surface area (Å²) < 4.78 is 0. The Hall–Kier alpha value is -0.0800. The van der Waals surface area contributed by atoms with Crippen molar-refractivity contribution < 1.29 is 0 Å². The molecule has 2 heteroatoms. The summed E-state index contributed by atoms with van der Waals surface area (Å²) in [4.78, 5) is 2.70. The molecule has 1 aliphatic rings. The Morgan fingerprint density at radius 1 is 1.20 bits per heavy atom. The summed E-state index contributed by atoms with van der Waals surface area (Å²) in [5, 5.41) is 3.67. The zero-order valence-corrected chi connectivity index (χ0v) is 15.1. The SMILES string of the molecule is CCC(C)(CNCC(C)C)CN1CCC(C(C)(C)C)C1. The molecule has 1 N–H and O–H groups in total. The molecule has 2 nitrogen and oxygen atoms in total. The number of rotatable bonds is 7. The van der Waals surface area contributed by atoms with Gasteiger partial charge in [-0.3, -0.25) is 0 Å². The van der Waals surface area contributed by atoms with Crippen molar-refractivity contribution in [1.29, 1.82) is 0 Å². The predicted molar refractivity (Wildman–Crippen MR) is 90.1 cm³/mol. The molecular weight excluding hydrogens is 244 g/mol. The highest BCUT2D eigenvalue weighted by atomic mass is 15.2. The second-order valence-electron chi connectivity index (χ2n) is 8.78. The molecule has 1 aliphatic heterocycles. The maximum Gasteiger partial charge on any atom is 0.00475 e. The first-order valence-corrected chi connectivity index (χ1v) is 8.59. The number of nitrogens with zero attached hydrogens (tertiary/aromatic N) is 1. The molecule has 1 heterocycles. The van der Waals surface area contributed by atoms with Crippen LogP contribution in [0.5, 0.6) is 0 Å². The van der Waals surface area contributed by atoms with Crippen LogP contribution in [0.1, 0.15) is 61.3 Å². The number of hydrogen-bond acceptors (Lipinski definition) is 2. The van der Waals surface area contributed by atoms with E-state index in [1.165, 1.54) is 32.5 Å². The van der Waals surface area contributed by atoms with E-state index < -0.39 is 0 Å². The van der Waals surface area contributed by atoms with Crippen LogP contribution in [-0.2, 0) is 0 Å². The molecule has 0 spiro atoms. The fraction of sp³-hybridized carbons (Fsp3) is 1.00. The molecule has 1 rings (SSSR count). The number of nitrogens with one attached hydrogen (secondary N) is 1. The fourth-order valence-corrected chi connectivity index (χ4v) is 3.18. The van der Waals surface area contributed by atoms with Gasteiger partial charge in [0.25, 0.3) is 0 Å². The first-order valence-electron chi connectivity index (χ1n) is 8.59. The van der Waals surface area contributed by atoms with Crippen molar-refractivity contribution in [3.63, 3.8) is 0 Å². The van der Waals surface area contributed by atoms with E-state index in [1.54, 1.807) is 0 Å². The number of likely N-dealkylation sites (tertiary alicyclic amines) is 1. The summed E-state index contributed by atoms with van der Waals surface area (Å²) in [6, 6.07) is 0. The van der Waals surface area contributed by atoms with Crippen molar-refractivity contribution in [2.24, 2.45) is 22.7 Å². The van der Waals surface area contributed by atoms with Gasteiger partial charge < -0.3 is 10.2 Å². The summed E-state index contributed by atoms with van der Waals surface area (Å²) in [5.74, 6) is 1.61. The maximum absolute atomic E-state index is 3.67. The van der Waals surface area contributed by atoms with Crippen molar-refractivity contribution >= 4 is 0 Å². The smallest absolute Gasteiger partial charge is 0.00475 e. The minimum absolute atomic E-state index is 0.418. The molecular formula is C18H38N2. The Morgan fingerprint density at radius 2 is 1.85 bits per heavy atom. The van der Waals surface area contributed by atoms with E-state index in [2.05, 4.69) is 58.7 Å². The van der Waals surface area contributed by atoms with Gasteiger partial charge in [-0.05, 0) is 48.6 Å². The van der Waals surface area contributed by atoms with Crippen LogP contribution in [0.3, 0.4) is 0 Å². The van der Waals surface area contributed by atoms with Gasteiger partial charge in [0.15, 0.2) is 0 Å². The minimum Gasteiger partial charge on any atom is -0.316 e. The Bertz CT molecular complexity index is 280. The molecule has 2 atom stereocenters. The van der Waals surface area contributed by atoms with Gasteiger partial charge in [0.1, 0.15) is 0 Å². The number of hydrogen-bond donors (Lipinski definition) is 1. The van der Waals surface area contributed by atoms with Crippen LogP contribution in [0, 0.1) is 22.7 Å². The van der Waals surface area contributed by atoms with E-state index in [1.807, 2.05) is 0 Å². The first kappa shape index (κ1) is 18.0. The molecule has 20 heavy (non-hydrogen) atoms. The standard InChI is InChI=1S/C18H38N2/c1-8-18(7,13-19-11-15(2)3)14-20-10-9-16(12-20)17(4,5)6/h15-16,19H,8-14H2,1-7H3. The Balaban J connectivity index is 2.44. The highest BCUT2D eigenvalue weighted by Gasteiger charge is 2.34. The highest BCUT2D eigenvalue weighted by molar-refractivity contribution is 4.88. The van der Waals surface area contributed by atoms with Crippen LogP contribution >= 0.6 is 0 Å². The quantitative estimate of drug-likeness (QED) is 0.759. The van der Waals surface area contributed by atoms with Crippen LogP contribution in [-0.4, -0.2) is 37.6 Å². The fourth-order valence-electron chi connectivity index (χ4n) is 3.18. The zero-order valence-electron chi connectivity index (χ0n) is 15.1. The lowest BCUT2D eigenvalue weighted by Crippen LogP contribution is -2.42. The highest BCUT2D eigenvalue weighted by Crippen LogP contribution is 2.35. The molecule has 0 aromatic rings. The molecule has 1 saturated heterocycles. The molecule has 0 aromatic carbocycles. The van der Waals surface area contributed by atoms with Crippen LogP contribution in [0.15, 0.2) is 0 Å². The van der Waals surface area contributed by atoms with E-state index in [0.717, 1.165) is 24.9 Å². The summed E-state index contributed by atoms with van der Waals surface area (Å²) in [7, 11) is 0. The van der Waals surface area contributed by atoms with Crippen LogP contribution in [0.4, 0.5) is 0 Å². The Morgan fingerprint density at radius 3 is 2.30 bits per heavy atom. The summed E-state index contributed by atoms with van der Waals surface area (Å²) in [6.45, 7) is 22.7. The minimum atomic E-state index is 0.418.